The van der Waals surface area contributed by atoms with Crippen LogP contribution in [0.5, 0.6) is 0 Å². The van der Waals surface area contributed by atoms with E-state index in [4.69, 9.17) is 0 Å². The van der Waals surface area contributed by atoms with Crippen LogP contribution in [0.1, 0.15) is 11.1 Å². The molecule has 19 heavy (non-hydrogen) atoms. The molecule has 92 valence electrons. The Morgan fingerprint density at radius 2 is 1.74 bits per heavy atom. The second-order valence-electron chi connectivity index (χ2n) is 4.95. The largest absolute Gasteiger partial charge is 0.360 e. The SMILES string of the molecule is c1ccc2c(c1)CCc1c-2c[nH]c1-c1ccncc1. The highest BCUT2D eigenvalue weighted by atomic mass is 14.7. The molecule has 1 aliphatic rings. The van der Waals surface area contributed by atoms with Crippen LogP contribution in [0, 0.1) is 0 Å². The maximum atomic E-state index is 4.09. The van der Waals surface area contributed by atoms with E-state index in [1.54, 1.807) is 0 Å². The average molecular weight is 246 g/mol. The molecule has 0 amide bonds. The molecule has 0 radical (unpaired) electrons. The molecule has 4 rings (SSSR count). The smallest absolute Gasteiger partial charge is 0.0494 e. The Kier molecular flexibility index (Phi) is 2.27. The van der Waals surface area contributed by atoms with Gasteiger partial charge >= 0.3 is 0 Å². The number of aryl methyl sites for hydroxylation is 1. The van der Waals surface area contributed by atoms with Gasteiger partial charge in [-0.2, -0.15) is 0 Å². The van der Waals surface area contributed by atoms with E-state index in [0.717, 1.165) is 12.8 Å². The Morgan fingerprint density at radius 3 is 2.63 bits per heavy atom. The van der Waals surface area contributed by atoms with Crippen LogP contribution in [0.3, 0.4) is 0 Å². The number of hydrogen-bond acceptors (Lipinski definition) is 1. The van der Waals surface area contributed by atoms with Crippen LogP contribution in [-0.4, -0.2) is 9.97 Å². The van der Waals surface area contributed by atoms with Crippen LogP contribution in [0.4, 0.5) is 0 Å². The summed E-state index contributed by atoms with van der Waals surface area (Å²) in [6, 6.07) is 12.8. The van der Waals surface area contributed by atoms with Crippen LogP contribution < -0.4 is 0 Å². The number of nitrogens with one attached hydrogen (secondary N) is 1. The van der Waals surface area contributed by atoms with E-state index in [2.05, 4.69) is 52.6 Å². The van der Waals surface area contributed by atoms with Gasteiger partial charge in [-0.15, -0.1) is 0 Å². The van der Waals surface area contributed by atoms with Gasteiger partial charge in [0.1, 0.15) is 0 Å². The van der Waals surface area contributed by atoms with Gasteiger partial charge in [-0.3, -0.25) is 4.98 Å². The third kappa shape index (κ3) is 1.60. The lowest BCUT2D eigenvalue weighted by Crippen LogP contribution is -2.02. The third-order valence-electron chi connectivity index (χ3n) is 3.91. The summed E-state index contributed by atoms with van der Waals surface area (Å²) in [4.78, 5) is 7.54. The van der Waals surface area contributed by atoms with E-state index in [9.17, 15) is 0 Å². The summed E-state index contributed by atoms with van der Waals surface area (Å²) in [5.74, 6) is 0. The van der Waals surface area contributed by atoms with Gasteiger partial charge in [0.2, 0.25) is 0 Å². The summed E-state index contributed by atoms with van der Waals surface area (Å²) in [6.45, 7) is 0. The van der Waals surface area contributed by atoms with Gasteiger partial charge in [0, 0.05) is 35.4 Å². The Labute approximate surface area is 112 Å². The molecule has 3 aromatic rings. The van der Waals surface area contributed by atoms with Crippen molar-refractivity contribution < 1.29 is 0 Å². The van der Waals surface area contributed by atoms with E-state index in [-0.39, 0.29) is 0 Å². The molecule has 2 heterocycles. The van der Waals surface area contributed by atoms with Crippen molar-refractivity contribution in [1.82, 2.24) is 9.97 Å². The zero-order chi connectivity index (χ0) is 12.7. The van der Waals surface area contributed by atoms with Gasteiger partial charge in [0.05, 0.1) is 0 Å². The minimum absolute atomic E-state index is 1.10. The lowest BCUT2D eigenvalue weighted by atomic mass is 9.86. The van der Waals surface area contributed by atoms with Gasteiger partial charge in [0.25, 0.3) is 0 Å². The second-order valence-corrected chi connectivity index (χ2v) is 4.95. The number of aromatic amines is 1. The normalized spacial score (nSPS) is 12.8. The maximum absolute atomic E-state index is 4.09. The van der Waals surface area contributed by atoms with Gasteiger partial charge in [0.15, 0.2) is 0 Å². The summed E-state index contributed by atoms with van der Waals surface area (Å²) in [5, 5.41) is 0. The van der Waals surface area contributed by atoms with Crippen molar-refractivity contribution in [1.29, 1.82) is 0 Å². The topological polar surface area (TPSA) is 28.7 Å². The van der Waals surface area contributed by atoms with E-state index in [1.807, 2.05) is 12.4 Å². The summed E-state index contributed by atoms with van der Waals surface area (Å²) in [6.07, 6.45) is 8.06. The molecule has 2 aromatic heterocycles. The number of fused-ring (bicyclic) bond motifs is 3. The summed E-state index contributed by atoms with van der Waals surface area (Å²) in [7, 11) is 0. The molecule has 0 saturated carbocycles. The number of hydrogen-bond donors (Lipinski definition) is 1. The van der Waals surface area contributed by atoms with E-state index < -0.39 is 0 Å². The Hall–Kier alpha value is -2.35. The number of aromatic nitrogens is 2. The highest BCUT2D eigenvalue weighted by molar-refractivity contribution is 5.80. The van der Waals surface area contributed by atoms with Gasteiger partial charge < -0.3 is 4.98 Å². The van der Waals surface area contributed by atoms with Gasteiger partial charge in [-0.05, 0) is 41.7 Å². The Balaban J connectivity index is 1.91. The minimum atomic E-state index is 1.10. The van der Waals surface area contributed by atoms with E-state index in [0.29, 0.717) is 0 Å². The monoisotopic (exact) mass is 246 g/mol. The molecule has 0 fully saturated rings. The molecule has 1 aliphatic carbocycles. The van der Waals surface area contributed by atoms with Crippen molar-refractivity contribution in [2.75, 3.05) is 0 Å². The Morgan fingerprint density at radius 1 is 0.895 bits per heavy atom. The van der Waals surface area contributed by atoms with Crippen molar-refractivity contribution >= 4 is 0 Å². The van der Waals surface area contributed by atoms with Crippen molar-refractivity contribution in [3.8, 4) is 22.4 Å². The molecular formula is C17H14N2. The van der Waals surface area contributed by atoms with Crippen LogP contribution >= 0.6 is 0 Å². The fourth-order valence-electron chi connectivity index (χ4n) is 2.99. The van der Waals surface area contributed by atoms with Crippen molar-refractivity contribution in [3.05, 3.63) is 66.1 Å². The van der Waals surface area contributed by atoms with Crippen LogP contribution in [-0.2, 0) is 12.8 Å². The Bertz CT molecular complexity index is 713. The summed E-state index contributed by atoms with van der Waals surface area (Å²) in [5.41, 5.74) is 8.08. The molecule has 0 spiro atoms. The molecule has 0 saturated heterocycles. The minimum Gasteiger partial charge on any atom is -0.360 e. The fourth-order valence-corrected chi connectivity index (χ4v) is 2.99. The predicted molar refractivity (Wildman–Crippen MR) is 76.9 cm³/mol. The summed E-state index contributed by atoms with van der Waals surface area (Å²) < 4.78 is 0. The molecule has 0 aliphatic heterocycles. The van der Waals surface area contributed by atoms with Crippen molar-refractivity contribution in [3.63, 3.8) is 0 Å². The lowest BCUT2D eigenvalue weighted by Gasteiger charge is -2.17. The molecule has 0 bridgehead atoms. The highest BCUT2D eigenvalue weighted by Gasteiger charge is 2.20. The average Bonchev–Trinajstić information content (AvgIpc) is 2.92. The zero-order valence-electron chi connectivity index (χ0n) is 10.6. The molecular weight excluding hydrogens is 232 g/mol. The predicted octanol–water partition coefficient (Wildman–Crippen LogP) is 3.84. The first-order chi connectivity index (χ1) is 9.43. The maximum Gasteiger partial charge on any atom is 0.0494 e. The van der Waals surface area contributed by atoms with Crippen LogP contribution in [0.2, 0.25) is 0 Å². The molecule has 1 N–H and O–H groups in total. The number of rotatable bonds is 1. The molecule has 2 nitrogen and oxygen atoms in total. The molecule has 0 atom stereocenters. The lowest BCUT2D eigenvalue weighted by molar-refractivity contribution is 0.948. The van der Waals surface area contributed by atoms with Crippen molar-refractivity contribution in [2.24, 2.45) is 0 Å². The van der Waals surface area contributed by atoms with E-state index in [1.165, 1.54) is 33.5 Å². The van der Waals surface area contributed by atoms with Gasteiger partial charge in [-0.1, -0.05) is 24.3 Å². The zero-order valence-corrected chi connectivity index (χ0v) is 10.6. The van der Waals surface area contributed by atoms with Crippen molar-refractivity contribution in [2.45, 2.75) is 12.8 Å². The number of nitrogens with zero attached hydrogens (tertiary/aromatic N) is 1. The number of benzene rings is 1. The number of H-pyrrole nitrogens is 1. The summed E-state index contributed by atoms with van der Waals surface area (Å²) >= 11 is 0. The first-order valence-corrected chi connectivity index (χ1v) is 6.62. The quantitative estimate of drug-likeness (QED) is 0.694. The molecule has 2 heteroatoms. The fraction of sp³-hybridized carbons (Fsp3) is 0.118. The first-order valence-electron chi connectivity index (χ1n) is 6.62. The third-order valence-corrected chi connectivity index (χ3v) is 3.91. The van der Waals surface area contributed by atoms with E-state index >= 15 is 0 Å². The first kappa shape index (κ1) is 10.6. The highest BCUT2D eigenvalue weighted by Crippen LogP contribution is 2.38. The standard InChI is InChI=1S/C17H14N2/c1-2-4-14-12(3-1)5-6-15-16(14)11-19-17(15)13-7-9-18-10-8-13/h1-4,7-11,19H,5-6H2. The van der Waals surface area contributed by atoms with Crippen LogP contribution in [0.15, 0.2) is 55.0 Å². The molecule has 0 unspecified atom stereocenters. The second kappa shape index (κ2) is 4.09. The van der Waals surface area contributed by atoms with Gasteiger partial charge in [-0.25, -0.2) is 0 Å². The number of pyridine rings is 1. The molecule has 1 aromatic carbocycles. The van der Waals surface area contributed by atoms with Crippen LogP contribution in [0.25, 0.3) is 22.4 Å².